The predicted octanol–water partition coefficient (Wildman–Crippen LogP) is 2.74. The van der Waals surface area contributed by atoms with Crippen LogP contribution in [-0.4, -0.2) is 29.2 Å². The molecule has 0 aromatic rings. The molecule has 2 rings (SSSR count). The Kier molecular flexibility index (Phi) is 6.14. The van der Waals surface area contributed by atoms with Gasteiger partial charge in [-0.3, -0.25) is 9.59 Å². The zero-order chi connectivity index (χ0) is 16.7. The van der Waals surface area contributed by atoms with Crippen molar-refractivity contribution in [3.63, 3.8) is 0 Å². The number of rotatable bonds is 10. The fourth-order valence-corrected chi connectivity index (χ4v) is 3.23. The van der Waals surface area contributed by atoms with Gasteiger partial charge >= 0.3 is 5.97 Å². The van der Waals surface area contributed by atoms with Crippen LogP contribution in [0.4, 0.5) is 0 Å². The van der Waals surface area contributed by atoms with Crippen molar-refractivity contribution in [1.82, 2.24) is 5.32 Å². The molecule has 0 aromatic heterocycles. The van der Waals surface area contributed by atoms with E-state index in [0.29, 0.717) is 38.0 Å². The van der Waals surface area contributed by atoms with Gasteiger partial charge in [0.15, 0.2) is 5.66 Å². The van der Waals surface area contributed by atoms with Gasteiger partial charge in [0.25, 0.3) is 0 Å². The largest absolute Gasteiger partial charge is 0.481 e. The van der Waals surface area contributed by atoms with Crippen molar-refractivity contribution >= 4 is 11.9 Å². The number of nitrogens with zero attached hydrogens (tertiary/aromatic N) is 2. The third-order valence-corrected chi connectivity index (χ3v) is 4.79. The smallest absolute Gasteiger partial charge is 0.308 e. The van der Waals surface area contributed by atoms with Gasteiger partial charge in [0.2, 0.25) is 5.91 Å². The van der Waals surface area contributed by atoms with Crippen molar-refractivity contribution in [1.29, 1.82) is 0 Å². The van der Waals surface area contributed by atoms with Gasteiger partial charge in [0, 0.05) is 32.2 Å². The van der Waals surface area contributed by atoms with Crippen LogP contribution in [0.3, 0.4) is 0 Å². The Morgan fingerprint density at radius 2 is 2.00 bits per heavy atom. The second-order valence-corrected chi connectivity index (χ2v) is 6.61. The summed E-state index contributed by atoms with van der Waals surface area (Å²) >= 11 is 0. The average molecular weight is 319 g/mol. The lowest BCUT2D eigenvalue weighted by Crippen LogP contribution is -2.34. The van der Waals surface area contributed by atoms with Gasteiger partial charge < -0.3 is 10.4 Å². The number of hydrogen-bond acceptors (Lipinski definition) is 4. The van der Waals surface area contributed by atoms with Crippen LogP contribution >= 0.6 is 0 Å². The average Bonchev–Trinajstić information content (AvgIpc) is 3.11. The van der Waals surface area contributed by atoms with Gasteiger partial charge in [-0.05, 0) is 12.3 Å². The zero-order valence-electron chi connectivity index (χ0n) is 13.5. The zero-order valence-corrected chi connectivity index (χ0v) is 13.5. The van der Waals surface area contributed by atoms with Crippen molar-refractivity contribution in [3.05, 3.63) is 0 Å². The first kappa shape index (κ1) is 17.5. The maximum atomic E-state index is 11.9. The van der Waals surface area contributed by atoms with E-state index in [1.807, 2.05) is 0 Å². The molecule has 0 radical (unpaired) electrons. The van der Waals surface area contributed by atoms with Crippen molar-refractivity contribution in [2.24, 2.45) is 22.1 Å². The second-order valence-electron chi connectivity index (χ2n) is 6.61. The lowest BCUT2D eigenvalue weighted by atomic mass is 9.93. The Balaban J connectivity index is 1.67. The number of carboxylic acid groups (broad SMARTS) is 1. The number of terminal acetylenes is 1. The molecule has 2 N–H and O–H groups in total. The molecule has 1 aliphatic carbocycles. The van der Waals surface area contributed by atoms with Crippen molar-refractivity contribution in [3.8, 4) is 12.3 Å². The maximum absolute atomic E-state index is 11.9. The van der Waals surface area contributed by atoms with Gasteiger partial charge in [-0.15, -0.1) is 12.3 Å². The van der Waals surface area contributed by atoms with E-state index < -0.39 is 17.6 Å². The third kappa shape index (κ3) is 5.66. The van der Waals surface area contributed by atoms with Crippen molar-refractivity contribution in [2.75, 3.05) is 6.54 Å². The fraction of sp³-hybridized carbons (Fsp3) is 0.765. The van der Waals surface area contributed by atoms with E-state index in [4.69, 9.17) is 6.42 Å². The van der Waals surface area contributed by atoms with Gasteiger partial charge in [-0.1, -0.05) is 25.7 Å². The van der Waals surface area contributed by atoms with Crippen LogP contribution in [0.1, 0.15) is 57.8 Å². The summed E-state index contributed by atoms with van der Waals surface area (Å²) in [5, 5.41) is 20.0. The highest BCUT2D eigenvalue weighted by Crippen LogP contribution is 2.37. The standard InChI is InChI=1S/C17H25N3O3/c1-2-3-9-17(19-20-17)10-8-15(21)18-12-14(16(22)23)11-13-6-4-5-7-13/h1,13-14H,3-12H2,(H,18,21)(H,22,23). The van der Waals surface area contributed by atoms with Crippen molar-refractivity contribution in [2.45, 2.75) is 63.5 Å². The van der Waals surface area contributed by atoms with Gasteiger partial charge in [-0.25, -0.2) is 0 Å². The van der Waals surface area contributed by atoms with Gasteiger partial charge in [0.05, 0.1) is 5.92 Å². The van der Waals surface area contributed by atoms with Crippen LogP contribution in [0.25, 0.3) is 0 Å². The van der Waals surface area contributed by atoms with Gasteiger partial charge in [-0.2, -0.15) is 10.2 Å². The molecule has 0 spiro atoms. The number of aliphatic carboxylic acids is 1. The molecule has 2 aliphatic rings. The summed E-state index contributed by atoms with van der Waals surface area (Å²) in [6, 6.07) is 0. The SMILES string of the molecule is C#CCCC1(CCC(=O)NCC(CC2CCCC2)C(=O)O)N=N1. The quantitative estimate of drug-likeness (QED) is 0.606. The fourth-order valence-electron chi connectivity index (χ4n) is 3.23. The van der Waals surface area contributed by atoms with E-state index in [-0.39, 0.29) is 12.5 Å². The first-order valence-corrected chi connectivity index (χ1v) is 8.42. The normalized spacial score (nSPS) is 20.0. The van der Waals surface area contributed by atoms with E-state index in [1.165, 1.54) is 12.8 Å². The van der Waals surface area contributed by atoms with Crippen LogP contribution < -0.4 is 5.32 Å². The number of carbonyl (C=O) groups excluding carboxylic acids is 1. The van der Waals surface area contributed by atoms with Crippen LogP contribution in [0, 0.1) is 24.2 Å². The number of nitrogens with one attached hydrogen (secondary N) is 1. The first-order valence-electron chi connectivity index (χ1n) is 8.42. The first-order chi connectivity index (χ1) is 11.0. The molecule has 1 atom stereocenters. The molecule has 1 heterocycles. The number of hydrogen-bond donors (Lipinski definition) is 2. The highest BCUT2D eigenvalue weighted by atomic mass is 16.4. The molecule has 1 amide bonds. The molecule has 0 aromatic carbocycles. The Labute approximate surface area is 137 Å². The molecule has 1 aliphatic heterocycles. The molecule has 126 valence electrons. The summed E-state index contributed by atoms with van der Waals surface area (Å²) in [4.78, 5) is 23.3. The monoisotopic (exact) mass is 319 g/mol. The summed E-state index contributed by atoms with van der Waals surface area (Å²) < 4.78 is 0. The van der Waals surface area contributed by atoms with Gasteiger partial charge in [0.1, 0.15) is 0 Å². The third-order valence-electron chi connectivity index (χ3n) is 4.79. The molecular formula is C17H25N3O3. The van der Waals surface area contributed by atoms with E-state index in [2.05, 4.69) is 21.5 Å². The molecule has 6 nitrogen and oxygen atoms in total. The topological polar surface area (TPSA) is 91.1 Å². The summed E-state index contributed by atoms with van der Waals surface area (Å²) in [5.74, 6) is 1.59. The van der Waals surface area contributed by atoms with Crippen LogP contribution in [0.5, 0.6) is 0 Å². The number of amides is 1. The molecule has 0 bridgehead atoms. The summed E-state index contributed by atoms with van der Waals surface area (Å²) in [6.07, 6.45) is 12.6. The lowest BCUT2D eigenvalue weighted by molar-refractivity contribution is -0.142. The molecule has 0 saturated heterocycles. The molecule has 23 heavy (non-hydrogen) atoms. The lowest BCUT2D eigenvalue weighted by Gasteiger charge is -2.17. The minimum Gasteiger partial charge on any atom is -0.481 e. The summed E-state index contributed by atoms with van der Waals surface area (Å²) in [6.45, 7) is 0.205. The van der Waals surface area contributed by atoms with E-state index in [9.17, 15) is 14.7 Å². The molecule has 1 unspecified atom stereocenters. The van der Waals surface area contributed by atoms with E-state index in [1.54, 1.807) is 0 Å². The molecule has 6 heteroatoms. The second kappa shape index (κ2) is 8.09. The Hall–Kier alpha value is -1.90. The Morgan fingerprint density at radius 3 is 2.57 bits per heavy atom. The minimum absolute atomic E-state index is 0.139. The molecule has 1 fully saturated rings. The van der Waals surface area contributed by atoms with E-state index >= 15 is 0 Å². The number of carbonyl (C=O) groups is 2. The predicted molar refractivity (Wildman–Crippen MR) is 85.6 cm³/mol. The highest BCUT2D eigenvalue weighted by molar-refractivity contribution is 5.77. The van der Waals surface area contributed by atoms with Crippen LogP contribution in [-0.2, 0) is 9.59 Å². The Bertz CT molecular complexity index is 498. The summed E-state index contributed by atoms with van der Waals surface area (Å²) in [5.41, 5.74) is -0.459. The summed E-state index contributed by atoms with van der Waals surface area (Å²) in [7, 11) is 0. The Morgan fingerprint density at radius 1 is 1.30 bits per heavy atom. The number of carboxylic acids is 1. The minimum atomic E-state index is -0.824. The maximum Gasteiger partial charge on any atom is 0.308 e. The van der Waals surface area contributed by atoms with Crippen LogP contribution in [0.2, 0.25) is 0 Å². The molecular weight excluding hydrogens is 294 g/mol. The molecule has 1 saturated carbocycles. The van der Waals surface area contributed by atoms with Crippen LogP contribution in [0.15, 0.2) is 10.2 Å². The van der Waals surface area contributed by atoms with Crippen molar-refractivity contribution < 1.29 is 14.7 Å². The van der Waals surface area contributed by atoms with E-state index in [0.717, 1.165) is 12.8 Å². The highest BCUT2D eigenvalue weighted by Gasteiger charge is 2.39.